The van der Waals surface area contributed by atoms with Gasteiger partial charge in [-0.25, -0.2) is 9.79 Å². The molecule has 56 valence electrons. The fourth-order valence-corrected chi connectivity index (χ4v) is 2.40. The van der Waals surface area contributed by atoms with E-state index in [1.165, 1.54) is 18.6 Å². The molecular formula is C7H11NOS. The van der Waals surface area contributed by atoms with Crippen molar-refractivity contribution in [3.05, 3.63) is 0 Å². The van der Waals surface area contributed by atoms with Crippen molar-refractivity contribution in [3.8, 4) is 0 Å². The summed E-state index contributed by atoms with van der Waals surface area (Å²) in [4.78, 5) is 13.2. The Bertz CT molecular complexity index is 137. The SMILES string of the molecule is O=C=NCCC1CCCS1. The molecule has 1 rings (SSSR count). The summed E-state index contributed by atoms with van der Waals surface area (Å²) in [5.41, 5.74) is 0. The van der Waals surface area contributed by atoms with Gasteiger partial charge in [0.1, 0.15) is 0 Å². The maximum atomic E-state index is 9.68. The van der Waals surface area contributed by atoms with Crippen molar-refractivity contribution in [2.45, 2.75) is 24.5 Å². The topological polar surface area (TPSA) is 29.4 Å². The molecule has 0 N–H and O–H groups in total. The monoisotopic (exact) mass is 157 g/mol. The molecule has 0 saturated carbocycles. The van der Waals surface area contributed by atoms with Gasteiger partial charge in [-0.1, -0.05) is 0 Å². The van der Waals surface area contributed by atoms with Crippen molar-refractivity contribution in [1.29, 1.82) is 0 Å². The number of thioether (sulfide) groups is 1. The number of isocyanates is 1. The fourth-order valence-electron chi connectivity index (χ4n) is 1.13. The molecule has 0 aromatic carbocycles. The second kappa shape index (κ2) is 4.53. The fraction of sp³-hybridized carbons (Fsp3) is 0.857. The molecule has 2 nitrogen and oxygen atoms in total. The number of carbonyl (C=O) groups excluding carboxylic acids is 1. The summed E-state index contributed by atoms with van der Waals surface area (Å²) in [5, 5.41) is 0.761. The Morgan fingerprint density at radius 2 is 2.60 bits per heavy atom. The van der Waals surface area contributed by atoms with Gasteiger partial charge in [-0.2, -0.15) is 11.8 Å². The minimum absolute atomic E-state index is 0.668. The van der Waals surface area contributed by atoms with E-state index in [4.69, 9.17) is 0 Å². The smallest absolute Gasteiger partial charge is 0.211 e. The summed E-state index contributed by atoms with van der Waals surface area (Å²) in [6, 6.07) is 0. The molecule has 0 aliphatic carbocycles. The van der Waals surface area contributed by atoms with E-state index in [1.54, 1.807) is 6.08 Å². The van der Waals surface area contributed by atoms with Crippen LogP contribution in [0, 0.1) is 0 Å². The van der Waals surface area contributed by atoms with Crippen molar-refractivity contribution in [1.82, 2.24) is 0 Å². The average Bonchev–Trinajstić information content (AvgIpc) is 2.41. The van der Waals surface area contributed by atoms with Gasteiger partial charge in [-0.05, 0) is 25.0 Å². The van der Waals surface area contributed by atoms with E-state index >= 15 is 0 Å². The Morgan fingerprint density at radius 3 is 3.20 bits per heavy atom. The first-order valence-corrected chi connectivity index (χ1v) is 4.63. The Hall–Kier alpha value is -0.270. The first kappa shape index (κ1) is 7.83. The molecule has 1 fully saturated rings. The van der Waals surface area contributed by atoms with Gasteiger partial charge < -0.3 is 0 Å². The molecular weight excluding hydrogens is 146 g/mol. The first-order chi connectivity index (χ1) is 4.93. The Balaban J connectivity index is 2.06. The van der Waals surface area contributed by atoms with Crippen molar-refractivity contribution in [3.63, 3.8) is 0 Å². The lowest BCUT2D eigenvalue weighted by Gasteiger charge is -2.02. The van der Waals surface area contributed by atoms with Crippen molar-refractivity contribution >= 4 is 17.8 Å². The van der Waals surface area contributed by atoms with E-state index in [2.05, 4.69) is 4.99 Å². The van der Waals surface area contributed by atoms with Crippen LogP contribution in [-0.4, -0.2) is 23.6 Å². The molecule has 1 unspecified atom stereocenters. The number of rotatable bonds is 3. The van der Waals surface area contributed by atoms with Crippen molar-refractivity contribution in [2.24, 2.45) is 4.99 Å². The van der Waals surface area contributed by atoms with Crippen LogP contribution in [-0.2, 0) is 4.79 Å². The van der Waals surface area contributed by atoms with Crippen LogP contribution in [0.15, 0.2) is 4.99 Å². The highest BCUT2D eigenvalue weighted by Crippen LogP contribution is 2.28. The highest BCUT2D eigenvalue weighted by molar-refractivity contribution is 8.00. The molecule has 0 bridgehead atoms. The van der Waals surface area contributed by atoms with Gasteiger partial charge >= 0.3 is 0 Å². The molecule has 0 spiro atoms. The van der Waals surface area contributed by atoms with Crippen LogP contribution in [0.2, 0.25) is 0 Å². The number of nitrogens with zero attached hydrogens (tertiary/aromatic N) is 1. The predicted octanol–water partition coefficient (Wildman–Crippen LogP) is 1.61. The van der Waals surface area contributed by atoms with E-state index in [1.807, 2.05) is 11.8 Å². The van der Waals surface area contributed by atoms with Gasteiger partial charge in [0.05, 0.1) is 6.54 Å². The van der Waals surface area contributed by atoms with Crippen LogP contribution < -0.4 is 0 Å². The Labute approximate surface area is 65.1 Å². The lowest BCUT2D eigenvalue weighted by molar-refractivity contribution is 0.562. The van der Waals surface area contributed by atoms with Crippen LogP contribution in [0.4, 0.5) is 0 Å². The predicted molar refractivity (Wildman–Crippen MR) is 43.1 cm³/mol. The van der Waals surface area contributed by atoms with Crippen LogP contribution in [0.5, 0.6) is 0 Å². The summed E-state index contributed by atoms with van der Waals surface area (Å²) >= 11 is 2.00. The number of hydrogen-bond acceptors (Lipinski definition) is 3. The molecule has 1 aliphatic rings. The Kier molecular flexibility index (Phi) is 3.55. The van der Waals surface area contributed by atoms with E-state index in [-0.39, 0.29) is 0 Å². The van der Waals surface area contributed by atoms with Gasteiger partial charge in [0.15, 0.2) is 0 Å². The summed E-state index contributed by atoms with van der Waals surface area (Å²) in [5.74, 6) is 1.29. The summed E-state index contributed by atoms with van der Waals surface area (Å²) in [6.07, 6.45) is 5.25. The zero-order valence-electron chi connectivity index (χ0n) is 5.88. The molecule has 1 aliphatic heterocycles. The number of aliphatic imine (C=N–C) groups is 1. The largest absolute Gasteiger partial charge is 0.234 e. The summed E-state index contributed by atoms with van der Waals surface area (Å²) in [7, 11) is 0. The highest BCUT2D eigenvalue weighted by atomic mass is 32.2. The highest BCUT2D eigenvalue weighted by Gasteiger charge is 2.14. The molecule has 0 radical (unpaired) electrons. The zero-order chi connectivity index (χ0) is 7.23. The molecule has 0 amide bonds. The first-order valence-electron chi connectivity index (χ1n) is 3.58. The minimum Gasteiger partial charge on any atom is -0.211 e. The quantitative estimate of drug-likeness (QED) is 0.460. The molecule has 0 aromatic rings. The van der Waals surface area contributed by atoms with Gasteiger partial charge in [0.25, 0.3) is 0 Å². The van der Waals surface area contributed by atoms with E-state index in [9.17, 15) is 4.79 Å². The average molecular weight is 157 g/mol. The molecule has 3 heteroatoms. The second-order valence-corrected chi connectivity index (χ2v) is 3.80. The minimum atomic E-state index is 0.668. The Morgan fingerprint density at radius 1 is 1.70 bits per heavy atom. The lowest BCUT2D eigenvalue weighted by Crippen LogP contribution is -1.97. The van der Waals surface area contributed by atoms with Gasteiger partial charge in [-0.3, -0.25) is 0 Å². The summed E-state index contributed by atoms with van der Waals surface area (Å²) < 4.78 is 0. The van der Waals surface area contributed by atoms with E-state index < -0.39 is 0 Å². The standard InChI is InChI=1S/C7H11NOS/c9-6-8-4-3-7-2-1-5-10-7/h7H,1-5H2. The van der Waals surface area contributed by atoms with Gasteiger partial charge in [-0.15, -0.1) is 0 Å². The normalized spacial score (nSPS) is 24.2. The number of hydrogen-bond donors (Lipinski definition) is 0. The molecule has 0 aromatic heterocycles. The third-order valence-corrected chi connectivity index (χ3v) is 3.12. The molecule has 10 heavy (non-hydrogen) atoms. The third kappa shape index (κ3) is 2.54. The molecule has 1 atom stereocenters. The van der Waals surface area contributed by atoms with Crippen LogP contribution in [0.1, 0.15) is 19.3 Å². The van der Waals surface area contributed by atoms with Crippen LogP contribution in [0.3, 0.4) is 0 Å². The van der Waals surface area contributed by atoms with E-state index in [0.717, 1.165) is 11.7 Å². The molecule has 1 heterocycles. The van der Waals surface area contributed by atoms with Crippen LogP contribution >= 0.6 is 11.8 Å². The van der Waals surface area contributed by atoms with Crippen molar-refractivity contribution < 1.29 is 4.79 Å². The lowest BCUT2D eigenvalue weighted by atomic mass is 10.2. The van der Waals surface area contributed by atoms with Crippen molar-refractivity contribution in [2.75, 3.05) is 12.3 Å². The van der Waals surface area contributed by atoms with Gasteiger partial charge in [0.2, 0.25) is 6.08 Å². The maximum Gasteiger partial charge on any atom is 0.234 e. The summed E-state index contributed by atoms with van der Waals surface area (Å²) in [6.45, 7) is 0.668. The zero-order valence-corrected chi connectivity index (χ0v) is 6.69. The van der Waals surface area contributed by atoms with Gasteiger partial charge in [0, 0.05) is 5.25 Å². The third-order valence-electron chi connectivity index (χ3n) is 1.65. The second-order valence-electron chi connectivity index (χ2n) is 2.40. The van der Waals surface area contributed by atoms with E-state index in [0.29, 0.717) is 6.54 Å². The van der Waals surface area contributed by atoms with Crippen LogP contribution in [0.25, 0.3) is 0 Å². The molecule has 1 saturated heterocycles. The maximum absolute atomic E-state index is 9.68.